The molecule has 0 amide bonds. The number of anilines is 1. The third kappa shape index (κ3) is 2.42. The molecular formula is C11H17N5. The van der Waals surface area contributed by atoms with Crippen molar-refractivity contribution in [1.29, 1.82) is 0 Å². The van der Waals surface area contributed by atoms with Crippen molar-refractivity contribution in [2.45, 2.75) is 26.8 Å². The number of aromatic amines is 1. The second-order valence-corrected chi connectivity index (χ2v) is 3.87. The summed E-state index contributed by atoms with van der Waals surface area (Å²) < 4.78 is 2.11. The Balaban J connectivity index is 2.12. The van der Waals surface area contributed by atoms with Crippen molar-refractivity contribution in [3.63, 3.8) is 0 Å². The lowest BCUT2D eigenvalue weighted by molar-refractivity contribution is 0.793. The summed E-state index contributed by atoms with van der Waals surface area (Å²) in [5.41, 5.74) is 2.18. The van der Waals surface area contributed by atoms with Gasteiger partial charge >= 0.3 is 0 Å². The normalized spacial score (nSPS) is 10.6. The Morgan fingerprint density at radius 2 is 2.38 bits per heavy atom. The minimum absolute atomic E-state index is 0.795. The highest BCUT2D eigenvalue weighted by Gasteiger charge is 2.05. The molecule has 0 bridgehead atoms. The molecule has 0 unspecified atom stereocenters. The van der Waals surface area contributed by atoms with Crippen molar-refractivity contribution in [1.82, 2.24) is 19.7 Å². The molecule has 0 aliphatic heterocycles. The predicted octanol–water partition coefficient (Wildman–Crippen LogP) is 1.78. The lowest BCUT2D eigenvalue weighted by atomic mass is 10.3. The maximum absolute atomic E-state index is 4.45. The van der Waals surface area contributed by atoms with E-state index in [0.29, 0.717) is 0 Å². The van der Waals surface area contributed by atoms with Crippen molar-refractivity contribution < 1.29 is 0 Å². The Morgan fingerprint density at radius 3 is 3.06 bits per heavy atom. The summed E-state index contributed by atoms with van der Waals surface area (Å²) in [4.78, 5) is 4.45. The van der Waals surface area contributed by atoms with E-state index < -0.39 is 0 Å². The van der Waals surface area contributed by atoms with E-state index in [9.17, 15) is 0 Å². The van der Waals surface area contributed by atoms with Crippen molar-refractivity contribution in [2.24, 2.45) is 0 Å². The van der Waals surface area contributed by atoms with Crippen LogP contribution in [-0.4, -0.2) is 26.3 Å². The van der Waals surface area contributed by atoms with Gasteiger partial charge in [0, 0.05) is 24.5 Å². The number of nitrogens with zero attached hydrogens (tertiary/aromatic N) is 3. The quantitative estimate of drug-likeness (QED) is 0.806. The summed E-state index contributed by atoms with van der Waals surface area (Å²) in [6, 6.07) is 0. The van der Waals surface area contributed by atoms with Gasteiger partial charge in [-0.2, -0.15) is 5.10 Å². The molecule has 2 heterocycles. The largest absolute Gasteiger partial charge is 0.356 e. The van der Waals surface area contributed by atoms with Crippen LogP contribution in [0.15, 0.2) is 18.6 Å². The lowest BCUT2D eigenvalue weighted by Gasteiger charge is -2.07. The fraction of sp³-hybridized carbons (Fsp3) is 0.455. The van der Waals surface area contributed by atoms with Crippen LogP contribution in [0.5, 0.6) is 0 Å². The van der Waals surface area contributed by atoms with Gasteiger partial charge in [0.1, 0.15) is 0 Å². The fourth-order valence-electron chi connectivity index (χ4n) is 1.61. The summed E-state index contributed by atoms with van der Waals surface area (Å²) in [5, 5.41) is 10.1. The second-order valence-electron chi connectivity index (χ2n) is 3.87. The van der Waals surface area contributed by atoms with Crippen molar-refractivity contribution in [2.75, 3.05) is 11.9 Å². The number of rotatable bonds is 5. The number of hydrogen-bond donors (Lipinski definition) is 2. The van der Waals surface area contributed by atoms with Gasteiger partial charge in [-0.1, -0.05) is 6.92 Å². The summed E-state index contributed by atoms with van der Waals surface area (Å²) >= 11 is 0. The molecule has 2 aromatic rings. The molecule has 5 nitrogen and oxygen atoms in total. The Labute approximate surface area is 94.9 Å². The van der Waals surface area contributed by atoms with E-state index in [4.69, 9.17) is 0 Å². The first-order chi connectivity index (χ1) is 7.79. The van der Waals surface area contributed by atoms with Crippen molar-refractivity contribution >= 4 is 5.95 Å². The number of imidazole rings is 1. The maximum atomic E-state index is 4.45. The van der Waals surface area contributed by atoms with E-state index >= 15 is 0 Å². The number of hydrogen-bond acceptors (Lipinski definition) is 3. The Bertz CT molecular complexity index is 429. The molecule has 0 aliphatic carbocycles. The predicted molar refractivity (Wildman–Crippen MR) is 63.4 cm³/mol. The van der Waals surface area contributed by atoms with Gasteiger partial charge in [-0.15, -0.1) is 0 Å². The molecule has 2 N–H and O–H groups in total. The number of H-pyrrole nitrogens is 1. The van der Waals surface area contributed by atoms with E-state index in [1.807, 2.05) is 25.5 Å². The first-order valence-corrected chi connectivity index (χ1v) is 5.55. The van der Waals surface area contributed by atoms with Crippen LogP contribution in [-0.2, 0) is 6.54 Å². The summed E-state index contributed by atoms with van der Waals surface area (Å²) in [6.45, 7) is 5.89. The topological polar surface area (TPSA) is 58.5 Å². The lowest BCUT2D eigenvalue weighted by Crippen LogP contribution is -2.08. The van der Waals surface area contributed by atoms with Gasteiger partial charge in [-0.25, -0.2) is 4.98 Å². The minimum atomic E-state index is 0.795. The van der Waals surface area contributed by atoms with Gasteiger partial charge in [0.15, 0.2) is 0 Å². The summed E-state index contributed by atoms with van der Waals surface area (Å²) in [6.07, 6.45) is 6.88. The molecule has 0 atom stereocenters. The van der Waals surface area contributed by atoms with E-state index in [1.54, 1.807) is 0 Å². The molecule has 0 aromatic carbocycles. The number of aryl methyl sites for hydroxylation is 1. The van der Waals surface area contributed by atoms with Crippen LogP contribution < -0.4 is 5.32 Å². The van der Waals surface area contributed by atoms with Crippen LogP contribution in [0.1, 0.15) is 24.6 Å². The fourth-order valence-corrected chi connectivity index (χ4v) is 1.61. The molecule has 2 aromatic heterocycles. The van der Waals surface area contributed by atoms with Crippen LogP contribution in [0, 0.1) is 6.92 Å². The van der Waals surface area contributed by atoms with Gasteiger partial charge < -0.3 is 9.88 Å². The van der Waals surface area contributed by atoms with Gasteiger partial charge in [-0.05, 0) is 13.3 Å². The van der Waals surface area contributed by atoms with Crippen LogP contribution in [0.3, 0.4) is 0 Å². The van der Waals surface area contributed by atoms with Gasteiger partial charge in [0.25, 0.3) is 0 Å². The zero-order chi connectivity index (χ0) is 11.4. The van der Waals surface area contributed by atoms with E-state index in [1.165, 1.54) is 0 Å². The summed E-state index contributed by atoms with van der Waals surface area (Å²) in [5.74, 6) is 0.931. The molecule has 0 saturated heterocycles. The van der Waals surface area contributed by atoms with E-state index in [2.05, 4.69) is 32.0 Å². The van der Waals surface area contributed by atoms with E-state index in [0.717, 1.165) is 36.7 Å². The molecule has 0 saturated carbocycles. The van der Waals surface area contributed by atoms with Crippen LogP contribution >= 0.6 is 0 Å². The number of nitrogens with one attached hydrogen (secondary N) is 2. The van der Waals surface area contributed by atoms with Crippen molar-refractivity contribution in [3.05, 3.63) is 29.8 Å². The molecule has 16 heavy (non-hydrogen) atoms. The summed E-state index contributed by atoms with van der Waals surface area (Å²) in [7, 11) is 0. The highest BCUT2D eigenvalue weighted by atomic mass is 15.2. The molecule has 0 aliphatic rings. The zero-order valence-electron chi connectivity index (χ0n) is 9.70. The standard InChI is InChI=1S/C11H17N5/c1-3-4-12-11-15-9(2)7-16(11)8-10-5-13-14-6-10/h5-7H,3-4,8H2,1-2H3,(H,12,15)(H,13,14). The van der Waals surface area contributed by atoms with Crippen LogP contribution in [0.2, 0.25) is 0 Å². The van der Waals surface area contributed by atoms with E-state index in [-0.39, 0.29) is 0 Å². The maximum Gasteiger partial charge on any atom is 0.203 e. The molecule has 0 fully saturated rings. The Hall–Kier alpha value is -1.78. The van der Waals surface area contributed by atoms with Gasteiger partial charge in [0.2, 0.25) is 5.95 Å². The van der Waals surface area contributed by atoms with Gasteiger partial charge in [0.05, 0.1) is 18.4 Å². The molecule has 86 valence electrons. The number of aromatic nitrogens is 4. The SMILES string of the molecule is CCCNc1nc(C)cn1Cc1cn[nH]c1. The first kappa shape index (κ1) is 10.7. The molecule has 0 radical (unpaired) electrons. The average molecular weight is 219 g/mol. The second kappa shape index (κ2) is 4.83. The minimum Gasteiger partial charge on any atom is -0.356 e. The molecule has 2 rings (SSSR count). The highest BCUT2D eigenvalue weighted by molar-refractivity contribution is 5.29. The van der Waals surface area contributed by atoms with Crippen LogP contribution in [0.4, 0.5) is 5.95 Å². The smallest absolute Gasteiger partial charge is 0.203 e. The molecule has 0 spiro atoms. The molecular weight excluding hydrogens is 202 g/mol. The Kier molecular flexibility index (Phi) is 3.24. The monoisotopic (exact) mass is 219 g/mol. The van der Waals surface area contributed by atoms with Crippen molar-refractivity contribution in [3.8, 4) is 0 Å². The highest BCUT2D eigenvalue weighted by Crippen LogP contribution is 2.11. The third-order valence-electron chi connectivity index (χ3n) is 2.34. The zero-order valence-corrected chi connectivity index (χ0v) is 9.70. The first-order valence-electron chi connectivity index (χ1n) is 5.55. The third-order valence-corrected chi connectivity index (χ3v) is 2.34. The average Bonchev–Trinajstić information content (AvgIpc) is 2.86. The van der Waals surface area contributed by atoms with Crippen LogP contribution in [0.25, 0.3) is 0 Å². The van der Waals surface area contributed by atoms with Gasteiger partial charge in [-0.3, -0.25) is 5.10 Å². The Morgan fingerprint density at radius 1 is 1.50 bits per heavy atom. The molecule has 5 heteroatoms.